The van der Waals surface area contributed by atoms with Crippen LogP contribution in [0.1, 0.15) is 23.3 Å². The van der Waals surface area contributed by atoms with Crippen molar-refractivity contribution in [3.05, 3.63) is 41.7 Å². The molecule has 1 aliphatic heterocycles. The van der Waals surface area contributed by atoms with Crippen LogP contribution in [0.4, 0.5) is 25.3 Å². The van der Waals surface area contributed by atoms with E-state index in [1.54, 1.807) is 17.9 Å². The number of rotatable bonds is 5. The number of anilines is 3. The Balaban J connectivity index is 1.57. The largest absolute Gasteiger partial charge is 0.389 e. The quantitative estimate of drug-likeness (QED) is 0.554. The lowest BCUT2D eigenvalue weighted by Gasteiger charge is -2.33. The number of hydrogen-bond donors (Lipinski definition) is 3. The molecule has 3 aromatic rings. The number of carbonyl (C=O) groups excluding carboxylic acids is 1. The second kappa shape index (κ2) is 8.60. The molecular weight excluding hydrogens is 424 g/mol. The number of nitrogens with one attached hydrogen (secondary N) is 1. The molecule has 164 valence electrons. The number of halogens is 2. The van der Waals surface area contributed by atoms with E-state index in [9.17, 15) is 13.6 Å². The topological polar surface area (TPSA) is 115 Å². The predicted octanol–water partition coefficient (Wildman–Crippen LogP) is 2.83. The Morgan fingerprint density at radius 2 is 1.97 bits per heavy atom. The summed E-state index contributed by atoms with van der Waals surface area (Å²) < 4.78 is 29.9. The smallest absolute Gasteiger partial charge is 0.277 e. The fourth-order valence-corrected chi connectivity index (χ4v) is 4.64. The van der Waals surface area contributed by atoms with Gasteiger partial charge in [-0.05, 0) is 37.4 Å². The molecule has 11 heteroatoms. The molecule has 0 aliphatic carbocycles. The van der Waals surface area contributed by atoms with Crippen molar-refractivity contribution in [1.29, 1.82) is 0 Å². The summed E-state index contributed by atoms with van der Waals surface area (Å²) in [6.07, 6.45) is 3.49. The van der Waals surface area contributed by atoms with Crippen molar-refractivity contribution in [3.8, 4) is 10.6 Å². The number of nitrogens with two attached hydrogens (primary N) is 2. The SMILES string of the molecule is Cn1ncc(NC(=O)c2nc(-c3c(F)cccc3F)sc2N)c1N1CCC(CN)CC1. The van der Waals surface area contributed by atoms with Crippen LogP contribution in [0.3, 0.4) is 0 Å². The van der Waals surface area contributed by atoms with Gasteiger partial charge < -0.3 is 21.7 Å². The third-order valence-corrected chi connectivity index (χ3v) is 6.35. The average molecular weight is 448 g/mol. The van der Waals surface area contributed by atoms with E-state index in [1.165, 1.54) is 6.07 Å². The average Bonchev–Trinajstić information content (AvgIpc) is 3.30. The fourth-order valence-electron chi connectivity index (χ4n) is 3.76. The lowest BCUT2D eigenvalue weighted by atomic mass is 9.97. The molecule has 0 atom stereocenters. The molecule has 31 heavy (non-hydrogen) atoms. The molecule has 0 radical (unpaired) electrons. The number of thiazole rings is 1. The number of aromatic nitrogens is 3. The Morgan fingerprint density at radius 3 is 2.61 bits per heavy atom. The van der Waals surface area contributed by atoms with Crippen LogP contribution < -0.4 is 21.7 Å². The summed E-state index contributed by atoms with van der Waals surface area (Å²) in [5.41, 5.74) is 11.9. The van der Waals surface area contributed by atoms with Crippen LogP contribution in [0.2, 0.25) is 0 Å². The maximum Gasteiger partial charge on any atom is 0.277 e. The van der Waals surface area contributed by atoms with Gasteiger partial charge in [0.15, 0.2) is 11.5 Å². The first kappa shape index (κ1) is 21.2. The Labute approximate surface area is 181 Å². The molecule has 1 amide bonds. The summed E-state index contributed by atoms with van der Waals surface area (Å²) in [6, 6.07) is 3.52. The van der Waals surface area contributed by atoms with Gasteiger partial charge in [0, 0.05) is 20.1 Å². The first-order valence-corrected chi connectivity index (χ1v) is 10.7. The number of amides is 1. The van der Waals surface area contributed by atoms with E-state index in [2.05, 4.69) is 20.3 Å². The highest BCUT2D eigenvalue weighted by molar-refractivity contribution is 7.19. The lowest BCUT2D eigenvalue weighted by molar-refractivity contribution is 0.102. The second-order valence-corrected chi connectivity index (χ2v) is 8.48. The Hall–Kier alpha value is -3.05. The highest BCUT2D eigenvalue weighted by atomic mass is 32.1. The van der Waals surface area contributed by atoms with Crippen molar-refractivity contribution < 1.29 is 13.6 Å². The molecule has 5 N–H and O–H groups in total. The van der Waals surface area contributed by atoms with Gasteiger partial charge in [0.2, 0.25) is 0 Å². The fraction of sp³-hybridized carbons (Fsp3) is 0.350. The standard InChI is InChI=1S/C20H23F2N7OS/c1-28-20(29-7-5-11(9-23)6-8-29)14(10-25-28)26-18(30)16-17(24)31-19(27-16)15-12(21)3-2-4-13(15)22/h2-4,10-11H,5-9,23-24H2,1H3,(H,26,30). The summed E-state index contributed by atoms with van der Waals surface area (Å²) >= 11 is 0.858. The first-order chi connectivity index (χ1) is 14.9. The van der Waals surface area contributed by atoms with Gasteiger partial charge in [0.1, 0.15) is 27.3 Å². The zero-order valence-corrected chi connectivity index (χ0v) is 17.8. The van der Waals surface area contributed by atoms with Gasteiger partial charge in [0.05, 0.1) is 11.8 Å². The molecule has 0 spiro atoms. The zero-order chi connectivity index (χ0) is 22.1. The van der Waals surface area contributed by atoms with E-state index in [-0.39, 0.29) is 21.3 Å². The number of piperidine rings is 1. The minimum absolute atomic E-state index is 0.00789. The minimum Gasteiger partial charge on any atom is -0.389 e. The number of benzene rings is 1. The molecule has 1 aliphatic rings. The normalized spacial score (nSPS) is 14.8. The van der Waals surface area contributed by atoms with Crippen LogP contribution >= 0.6 is 11.3 Å². The van der Waals surface area contributed by atoms with Gasteiger partial charge in [-0.25, -0.2) is 13.8 Å². The number of carbonyl (C=O) groups is 1. The molecule has 4 rings (SSSR count). The molecule has 8 nitrogen and oxygen atoms in total. The Morgan fingerprint density at radius 1 is 1.29 bits per heavy atom. The lowest BCUT2D eigenvalue weighted by Crippen LogP contribution is -2.37. The van der Waals surface area contributed by atoms with Crippen LogP contribution in [0, 0.1) is 17.6 Å². The molecule has 1 saturated heterocycles. The van der Waals surface area contributed by atoms with Crippen molar-refractivity contribution in [2.75, 3.05) is 35.6 Å². The maximum absolute atomic E-state index is 14.1. The Bertz CT molecular complexity index is 1080. The molecule has 2 aromatic heterocycles. The monoisotopic (exact) mass is 447 g/mol. The molecule has 0 saturated carbocycles. The van der Waals surface area contributed by atoms with Crippen molar-refractivity contribution in [2.24, 2.45) is 18.7 Å². The minimum atomic E-state index is -0.767. The van der Waals surface area contributed by atoms with Crippen LogP contribution in [0.25, 0.3) is 10.6 Å². The van der Waals surface area contributed by atoms with Crippen LogP contribution in [0.15, 0.2) is 24.4 Å². The molecule has 0 unspecified atom stereocenters. The summed E-state index contributed by atoms with van der Waals surface area (Å²) in [5, 5.41) is 7.14. The molecular formula is C20H23F2N7OS. The number of nitrogen functional groups attached to an aromatic ring is 1. The first-order valence-electron chi connectivity index (χ1n) is 9.88. The van der Waals surface area contributed by atoms with E-state index in [1.807, 2.05) is 0 Å². The van der Waals surface area contributed by atoms with Crippen molar-refractivity contribution >= 4 is 33.8 Å². The molecule has 3 heterocycles. The van der Waals surface area contributed by atoms with E-state index in [0.717, 1.165) is 55.2 Å². The van der Waals surface area contributed by atoms with Crippen LogP contribution in [0.5, 0.6) is 0 Å². The zero-order valence-electron chi connectivity index (χ0n) is 16.9. The van der Waals surface area contributed by atoms with E-state index < -0.39 is 17.5 Å². The van der Waals surface area contributed by atoms with Crippen molar-refractivity contribution in [2.45, 2.75) is 12.8 Å². The number of nitrogens with zero attached hydrogens (tertiary/aromatic N) is 4. The van der Waals surface area contributed by atoms with E-state index in [0.29, 0.717) is 18.2 Å². The van der Waals surface area contributed by atoms with Gasteiger partial charge in [-0.15, -0.1) is 0 Å². The predicted molar refractivity (Wildman–Crippen MR) is 117 cm³/mol. The van der Waals surface area contributed by atoms with Gasteiger partial charge in [-0.1, -0.05) is 17.4 Å². The van der Waals surface area contributed by atoms with Gasteiger partial charge >= 0.3 is 0 Å². The summed E-state index contributed by atoms with van der Waals surface area (Å²) in [6.45, 7) is 2.27. The van der Waals surface area contributed by atoms with Crippen LogP contribution in [-0.4, -0.2) is 40.3 Å². The third kappa shape index (κ3) is 4.10. The van der Waals surface area contributed by atoms with Gasteiger partial charge in [0.25, 0.3) is 5.91 Å². The van der Waals surface area contributed by atoms with E-state index in [4.69, 9.17) is 11.5 Å². The number of hydrogen-bond acceptors (Lipinski definition) is 7. The molecule has 0 bridgehead atoms. The highest BCUT2D eigenvalue weighted by Gasteiger charge is 2.26. The van der Waals surface area contributed by atoms with Crippen molar-refractivity contribution in [1.82, 2.24) is 14.8 Å². The van der Waals surface area contributed by atoms with Gasteiger partial charge in [-0.3, -0.25) is 9.48 Å². The third-order valence-electron chi connectivity index (χ3n) is 5.45. The molecule has 1 aromatic carbocycles. The van der Waals surface area contributed by atoms with E-state index >= 15 is 0 Å². The highest BCUT2D eigenvalue weighted by Crippen LogP contribution is 2.35. The van der Waals surface area contributed by atoms with Gasteiger partial charge in [-0.2, -0.15) is 5.10 Å². The number of aryl methyl sites for hydroxylation is 1. The second-order valence-electron chi connectivity index (χ2n) is 7.45. The maximum atomic E-state index is 14.1. The summed E-state index contributed by atoms with van der Waals surface area (Å²) in [4.78, 5) is 19.2. The Kier molecular flexibility index (Phi) is 5.88. The van der Waals surface area contributed by atoms with Crippen molar-refractivity contribution in [3.63, 3.8) is 0 Å². The summed E-state index contributed by atoms with van der Waals surface area (Å²) in [5.74, 6) is -0.831. The summed E-state index contributed by atoms with van der Waals surface area (Å²) in [7, 11) is 1.80. The molecule has 1 fully saturated rings. The van der Waals surface area contributed by atoms with Crippen LogP contribution in [-0.2, 0) is 7.05 Å².